The van der Waals surface area contributed by atoms with E-state index in [1.807, 2.05) is 98.5 Å². The molecule has 25 heteroatoms. The van der Waals surface area contributed by atoms with E-state index < -0.39 is 6.36 Å². The number of imidazole rings is 3. The average molecular weight is 1450 g/mol. The van der Waals surface area contributed by atoms with Crippen molar-refractivity contribution in [1.82, 2.24) is 58.1 Å². The van der Waals surface area contributed by atoms with Gasteiger partial charge in [0.1, 0.15) is 40.1 Å². The third kappa shape index (κ3) is 16.7. The van der Waals surface area contributed by atoms with Crippen molar-refractivity contribution in [1.29, 1.82) is 0 Å². The number of benzene rings is 6. The molecule has 15 rings (SSSR count). The Morgan fingerprint density at radius 1 is 0.387 bits per heavy atom. The van der Waals surface area contributed by atoms with Crippen LogP contribution in [-0.4, -0.2) is 78.6 Å². The molecule has 3 N–H and O–H groups in total. The van der Waals surface area contributed by atoms with E-state index >= 15 is 0 Å². The van der Waals surface area contributed by atoms with Gasteiger partial charge in [-0.2, -0.15) is 0 Å². The van der Waals surface area contributed by atoms with E-state index in [0.717, 1.165) is 81.1 Å². The van der Waals surface area contributed by atoms with E-state index in [4.69, 9.17) is 46.0 Å². The minimum absolute atomic E-state index is 0.00748. The monoisotopic (exact) mass is 1450 g/mol. The van der Waals surface area contributed by atoms with Gasteiger partial charge in [-0.1, -0.05) is 74.8 Å². The van der Waals surface area contributed by atoms with Gasteiger partial charge in [-0.25, -0.2) is 58.0 Å². The maximum Gasteiger partial charge on any atom is 0.573 e. The van der Waals surface area contributed by atoms with Crippen LogP contribution in [0.15, 0.2) is 231 Å². The van der Waals surface area contributed by atoms with E-state index in [0.29, 0.717) is 86.8 Å². The van der Waals surface area contributed by atoms with Gasteiger partial charge in [0, 0.05) is 84.1 Å². The van der Waals surface area contributed by atoms with Crippen LogP contribution in [0, 0.1) is 17.5 Å². The number of nitrogens with one attached hydrogen (secondary N) is 3. The molecule has 0 bridgehead atoms. The lowest BCUT2D eigenvalue weighted by molar-refractivity contribution is -0.274. The highest BCUT2D eigenvalue weighted by Gasteiger charge is 2.32. The van der Waals surface area contributed by atoms with Crippen LogP contribution < -0.4 is 30.2 Å². The molecule has 0 fully saturated rings. The number of methoxy groups -OCH3 is 2. The van der Waals surface area contributed by atoms with Gasteiger partial charge < -0.3 is 30.2 Å². The summed E-state index contributed by atoms with van der Waals surface area (Å²) >= 11 is 6.27. The maximum atomic E-state index is 13.6. The number of alkyl halides is 3. The topological polar surface area (TPSA) is 193 Å². The van der Waals surface area contributed by atoms with Crippen LogP contribution in [0.3, 0.4) is 0 Å². The highest BCUT2D eigenvalue weighted by Crippen LogP contribution is 2.38. The molecular formula is C81H68ClF6N15O3. The molecule has 0 amide bonds. The van der Waals surface area contributed by atoms with Crippen LogP contribution in [-0.2, 0) is 38.9 Å². The van der Waals surface area contributed by atoms with E-state index in [2.05, 4.69) is 85.7 Å². The standard InChI is InChI=1S/C28H26FN5O2.C27H21F4N5O.C26H21ClFN5/c1-4-18-12-14-34-25(16-18)33-26(20-6-8-21(29)9-7-20)27(34)22-11-13-30-28(32-22)31-17-19-5-10-23(35-2)24(15-19)36-3;1-2-17-12-14-36-23(15-17)35-24(18-7-9-20(28)10-8-18)25(36)21-11-13-32-26(34-21)33-16-19-5-3-4-6-22(19)37-27(29,30)31;1-2-17-12-14-33-23(15-17)32-24(18-7-9-20(28)10-8-18)25(33)22-11-13-29-26(31-22)30-16-19-5-3-4-6-21(19)27/h5-16H,4,17H2,1-3H3,(H,30,31,32);3-15H,2,16H2,1H3,(H,32,33,34);3-15H,2,16H2,1H3,(H,29,30,31). The number of hydrogen-bond donors (Lipinski definition) is 3. The second kappa shape index (κ2) is 32.3. The highest BCUT2D eigenvalue weighted by atomic mass is 35.5. The number of halogens is 7. The van der Waals surface area contributed by atoms with Crippen molar-refractivity contribution in [2.75, 3.05) is 30.2 Å². The van der Waals surface area contributed by atoms with Gasteiger partial charge in [-0.15, -0.1) is 13.2 Å². The van der Waals surface area contributed by atoms with Crippen molar-refractivity contribution in [2.45, 2.75) is 66.0 Å². The largest absolute Gasteiger partial charge is 0.573 e. The lowest BCUT2D eigenvalue weighted by atomic mass is 10.1. The molecule has 0 aliphatic carbocycles. The van der Waals surface area contributed by atoms with Crippen LogP contribution >= 0.6 is 11.6 Å². The second-order valence-electron chi connectivity index (χ2n) is 24.1. The molecule has 0 saturated carbocycles. The normalized spacial score (nSPS) is 11.2. The summed E-state index contributed by atoms with van der Waals surface area (Å²) in [4.78, 5) is 41.7. The Morgan fingerprint density at radius 2 is 0.764 bits per heavy atom. The first-order valence-electron chi connectivity index (χ1n) is 33.8. The van der Waals surface area contributed by atoms with Gasteiger partial charge in [0.05, 0.1) is 65.5 Å². The molecule has 0 radical (unpaired) electrons. The number of ether oxygens (including phenoxy) is 3. The fourth-order valence-corrected chi connectivity index (χ4v) is 12.0. The van der Waals surface area contributed by atoms with E-state index in [1.54, 1.807) is 81.3 Å². The molecule has 0 atom stereocenters. The number of rotatable bonds is 21. The molecule has 9 heterocycles. The summed E-state index contributed by atoms with van der Waals surface area (Å²) in [5, 5.41) is 10.2. The number of pyridine rings is 3. The fraction of sp³-hybridized carbons (Fsp3) is 0.148. The summed E-state index contributed by atoms with van der Waals surface area (Å²) in [6, 6.07) is 55.7. The van der Waals surface area contributed by atoms with Crippen molar-refractivity contribution in [3.05, 3.63) is 287 Å². The van der Waals surface area contributed by atoms with Crippen molar-refractivity contribution < 1.29 is 40.6 Å². The predicted molar refractivity (Wildman–Crippen MR) is 399 cm³/mol. The van der Waals surface area contributed by atoms with Gasteiger partial charge in [0.15, 0.2) is 11.5 Å². The lowest BCUT2D eigenvalue weighted by Gasteiger charge is -2.14. The van der Waals surface area contributed by atoms with Crippen LogP contribution in [0.2, 0.25) is 5.02 Å². The van der Waals surface area contributed by atoms with Gasteiger partial charge in [0.25, 0.3) is 0 Å². The number of aryl methyl sites for hydroxylation is 3. The predicted octanol–water partition coefficient (Wildman–Crippen LogP) is 18.9. The third-order valence-corrected chi connectivity index (χ3v) is 17.6. The molecule has 18 nitrogen and oxygen atoms in total. The number of nitrogens with zero attached hydrogens (tertiary/aromatic N) is 12. The Morgan fingerprint density at radius 3 is 1.15 bits per heavy atom. The van der Waals surface area contributed by atoms with Crippen LogP contribution in [0.25, 0.3) is 84.9 Å². The first-order chi connectivity index (χ1) is 51.5. The second-order valence-corrected chi connectivity index (χ2v) is 24.5. The minimum Gasteiger partial charge on any atom is -0.493 e. The first-order valence-corrected chi connectivity index (χ1v) is 34.2. The van der Waals surface area contributed by atoms with Crippen molar-refractivity contribution in [2.24, 2.45) is 0 Å². The molecule has 6 aromatic carbocycles. The summed E-state index contributed by atoms with van der Waals surface area (Å²) in [7, 11) is 3.22. The van der Waals surface area contributed by atoms with Gasteiger partial charge in [0.2, 0.25) is 17.8 Å². The molecule has 106 heavy (non-hydrogen) atoms. The highest BCUT2D eigenvalue weighted by molar-refractivity contribution is 6.31. The summed E-state index contributed by atoms with van der Waals surface area (Å²) in [6.45, 7) is 7.28. The zero-order valence-electron chi connectivity index (χ0n) is 57.9. The molecule has 0 spiro atoms. The van der Waals surface area contributed by atoms with E-state index in [-0.39, 0.29) is 35.7 Å². The quantitative estimate of drug-likeness (QED) is 0.0575. The number of fused-ring (bicyclic) bond motifs is 3. The summed E-state index contributed by atoms with van der Waals surface area (Å²) in [6.07, 6.45) is 8.75. The van der Waals surface area contributed by atoms with Crippen molar-refractivity contribution >= 4 is 46.4 Å². The minimum atomic E-state index is -4.80. The molecular weight excluding hydrogens is 1380 g/mol. The van der Waals surface area contributed by atoms with Crippen molar-refractivity contribution in [3.63, 3.8) is 0 Å². The summed E-state index contributed by atoms with van der Waals surface area (Å²) in [5.41, 5.74) is 16.7. The number of aromatic nitrogens is 12. The Kier molecular flexibility index (Phi) is 21.9. The molecule has 15 aromatic rings. The van der Waals surface area contributed by atoms with Gasteiger partial charge in [-0.05, 0) is 199 Å². The maximum absolute atomic E-state index is 13.6. The Balaban J connectivity index is 0.000000141. The van der Waals surface area contributed by atoms with Crippen LogP contribution in [0.5, 0.6) is 17.2 Å². The molecule has 9 aromatic heterocycles. The van der Waals surface area contributed by atoms with Crippen LogP contribution in [0.4, 0.5) is 44.2 Å². The van der Waals surface area contributed by atoms with Crippen molar-refractivity contribution in [3.8, 4) is 85.2 Å². The summed E-state index contributed by atoms with van der Waals surface area (Å²) < 4.78 is 99.9. The first kappa shape index (κ1) is 71.7. The Bertz CT molecular complexity index is 5580. The lowest BCUT2D eigenvalue weighted by Crippen LogP contribution is -2.18. The van der Waals surface area contributed by atoms with Gasteiger partial charge in [-0.3, -0.25) is 13.2 Å². The SMILES string of the molecule is CCc1ccn2c(-c3ccnc(NCc4ccc(OC)c(OC)c4)n3)c(-c3ccc(F)cc3)nc2c1.CCc1ccn2c(-c3ccnc(NCc4ccccc4Cl)n3)c(-c3ccc(F)cc3)nc2c1.CCc1ccn2c(-c3ccnc(NCc4ccccc4OC(F)(F)F)n3)c(-c3ccc(F)cc3)nc2c1. The molecule has 0 aliphatic rings. The molecule has 0 unspecified atom stereocenters. The van der Waals surface area contributed by atoms with Gasteiger partial charge >= 0.3 is 6.36 Å². The van der Waals surface area contributed by atoms with E-state index in [9.17, 15) is 26.3 Å². The fourth-order valence-electron chi connectivity index (χ4n) is 11.8. The van der Waals surface area contributed by atoms with Crippen LogP contribution in [0.1, 0.15) is 54.2 Å². The summed E-state index contributed by atoms with van der Waals surface area (Å²) in [5.74, 6) is 1.27. The molecule has 534 valence electrons. The zero-order chi connectivity index (χ0) is 73.8. The number of para-hydroxylation sites is 1. The molecule has 0 aliphatic heterocycles. The Hall–Kier alpha value is -12.7. The third-order valence-electron chi connectivity index (χ3n) is 17.3. The number of anilines is 3. The average Bonchev–Trinajstić information content (AvgIpc) is 1.62. The zero-order valence-corrected chi connectivity index (χ0v) is 58.7. The Labute approximate surface area is 610 Å². The number of hydrogen-bond acceptors (Lipinski definition) is 15. The molecule has 0 saturated heterocycles. The van der Waals surface area contributed by atoms with E-state index in [1.165, 1.54) is 65.7 Å². The smallest absolute Gasteiger partial charge is 0.493 e.